The number of aromatic nitrogens is 2. The van der Waals surface area contributed by atoms with Gasteiger partial charge in [-0.3, -0.25) is 9.59 Å². The van der Waals surface area contributed by atoms with E-state index in [1.165, 1.54) is 0 Å². The summed E-state index contributed by atoms with van der Waals surface area (Å²) >= 11 is 3.49. The van der Waals surface area contributed by atoms with Crippen molar-refractivity contribution in [3.8, 4) is 0 Å². The van der Waals surface area contributed by atoms with Crippen molar-refractivity contribution in [1.82, 2.24) is 15.5 Å². The average molecular weight is 447 g/mol. The summed E-state index contributed by atoms with van der Waals surface area (Å²) in [6.45, 7) is 2.12. The molecule has 0 spiro atoms. The lowest BCUT2D eigenvalue weighted by Crippen LogP contribution is -2.50. The molecule has 1 unspecified atom stereocenters. The van der Waals surface area contributed by atoms with Crippen LogP contribution in [0.5, 0.6) is 0 Å². The Labute approximate surface area is 172 Å². The first-order valence-corrected chi connectivity index (χ1v) is 10.5. The number of hydrogen-bond donors (Lipinski definition) is 1. The number of aryl methyl sites for hydroxylation is 1. The van der Waals surface area contributed by atoms with Gasteiger partial charge in [-0.05, 0) is 40.9 Å². The first-order valence-electron chi connectivity index (χ1n) is 9.66. The lowest BCUT2D eigenvalue weighted by atomic mass is 9.80. The van der Waals surface area contributed by atoms with Crippen LogP contribution in [0, 0.1) is 12.8 Å². The van der Waals surface area contributed by atoms with Gasteiger partial charge in [0, 0.05) is 24.4 Å². The minimum atomic E-state index is -0.600. The lowest BCUT2D eigenvalue weighted by Gasteiger charge is -2.36. The van der Waals surface area contributed by atoms with Crippen molar-refractivity contribution >= 4 is 33.4 Å². The summed E-state index contributed by atoms with van der Waals surface area (Å²) in [7, 11) is 0. The molecule has 1 aliphatic heterocycles. The van der Waals surface area contributed by atoms with Crippen molar-refractivity contribution < 1.29 is 14.1 Å². The van der Waals surface area contributed by atoms with Crippen LogP contribution in [0.1, 0.15) is 50.2 Å². The van der Waals surface area contributed by atoms with E-state index < -0.39 is 11.5 Å². The molecule has 1 N–H and O–H groups in total. The summed E-state index contributed by atoms with van der Waals surface area (Å²) in [4.78, 5) is 31.8. The van der Waals surface area contributed by atoms with Crippen LogP contribution in [0.4, 0.5) is 5.69 Å². The summed E-state index contributed by atoms with van der Waals surface area (Å²) in [6.07, 6.45) is 4.90. The zero-order chi connectivity index (χ0) is 19.7. The summed E-state index contributed by atoms with van der Waals surface area (Å²) in [5, 5.41) is 7.29. The molecule has 2 aliphatic rings. The van der Waals surface area contributed by atoms with Crippen LogP contribution in [-0.4, -0.2) is 28.5 Å². The van der Waals surface area contributed by atoms with E-state index in [2.05, 4.69) is 31.4 Å². The average Bonchev–Trinajstić information content (AvgIpc) is 3.29. The third kappa shape index (κ3) is 3.57. The van der Waals surface area contributed by atoms with Gasteiger partial charge in [-0.2, -0.15) is 4.98 Å². The number of rotatable bonds is 4. The number of carbonyl (C=O) groups is 2. The second kappa shape index (κ2) is 7.66. The largest absolute Gasteiger partial charge is 0.343 e. The van der Waals surface area contributed by atoms with Gasteiger partial charge in [-0.25, -0.2) is 0 Å². The highest BCUT2D eigenvalue weighted by molar-refractivity contribution is 9.10. The molecular weight excluding hydrogens is 424 g/mol. The van der Waals surface area contributed by atoms with Gasteiger partial charge in [0.05, 0.1) is 11.6 Å². The first kappa shape index (κ1) is 19.1. The number of para-hydroxylation sites is 1. The zero-order valence-corrected chi connectivity index (χ0v) is 17.4. The Bertz CT molecular complexity index is 891. The molecule has 1 atom stereocenters. The van der Waals surface area contributed by atoms with E-state index in [1.54, 1.807) is 11.8 Å². The highest BCUT2D eigenvalue weighted by Gasteiger charge is 2.43. The van der Waals surface area contributed by atoms with Crippen molar-refractivity contribution in [2.75, 3.05) is 11.4 Å². The van der Waals surface area contributed by atoms with Gasteiger partial charge in [0.1, 0.15) is 5.54 Å². The summed E-state index contributed by atoms with van der Waals surface area (Å²) < 4.78 is 6.02. The molecule has 1 aromatic carbocycles. The maximum atomic E-state index is 13.1. The van der Waals surface area contributed by atoms with Crippen molar-refractivity contribution in [3.63, 3.8) is 0 Å². The fourth-order valence-corrected chi connectivity index (χ4v) is 4.68. The molecule has 1 aliphatic carbocycles. The molecule has 4 rings (SSSR count). The zero-order valence-electron chi connectivity index (χ0n) is 15.8. The van der Waals surface area contributed by atoms with Gasteiger partial charge >= 0.3 is 0 Å². The van der Waals surface area contributed by atoms with Gasteiger partial charge in [0.2, 0.25) is 17.7 Å². The van der Waals surface area contributed by atoms with E-state index in [0.29, 0.717) is 18.3 Å². The topological polar surface area (TPSA) is 88.3 Å². The number of hydrogen-bond acceptors (Lipinski definition) is 5. The quantitative estimate of drug-likeness (QED) is 0.776. The number of nitrogens with zero attached hydrogens (tertiary/aromatic N) is 3. The molecule has 2 amide bonds. The highest BCUT2D eigenvalue weighted by Crippen LogP contribution is 2.37. The Morgan fingerprint density at radius 2 is 2.04 bits per heavy atom. The standard InChI is InChI=1S/C20H23BrN4O3/c1-13-22-19(24-28-13)20(9-5-2-6-10-20)23-18(27)14-11-17(26)25(12-14)16-8-4-3-7-15(16)21/h3-4,7-8,14H,2,5-6,9-12H2,1H3,(H,23,27). The smallest absolute Gasteiger partial charge is 0.227 e. The highest BCUT2D eigenvalue weighted by atomic mass is 79.9. The molecule has 2 aromatic rings. The van der Waals surface area contributed by atoms with Crippen LogP contribution >= 0.6 is 15.9 Å². The Hall–Kier alpha value is -2.22. The molecule has 2 fully saturated rings. The summed E-state index contributed by atoms with van der Waals surface area (Å²) in [5.74, 6) is 0.481. The predicted octanol–water partition coefficient (Wildman–Crippen LogP) is 3.47. The van der Waals surface area contributed by atoms with E-state index in [9.17, 15) is 9.59 Å². The van der Waals surface area contributed by atoms with Crippen LogP contribution in [0.25, 0.3) is 0 Å². The van der Waals surface area contributed by atoms with E-state index in [-0.39, 0.29) is 18.2 Å². The third-order valence-electron chi connectivity index (χ3n) is 5.66. The molecule has 1 saturated heterocycles. The molecule has 28 heavy (non-hydrogen) atoms. The lowest BCUT2D eigenvalue weighted by molar-refractivity contribution is -0.128. The molecule has 7 nitrogen and oxygen atoms in total. The second-order valence-corrected chi connectivity index (χ2v) is 8.48. The Morgan fingerprint density at radius 3 is 2.71 bits per heavy atom. The number of anilines is 1. The fraction of sp³-hybridized carbons (Fsp3) is 0.500. The molecule has 1 aromatic heterocycles. The van der Waals surface area contributed by atoms with Gasteiger partial charge in [0.15, 0.2) is 5.82 Å². The van der Waals surface area contributed by atoms with Gasteiger partial charge < -0.3 is 14.7 Å². The van der Waals surface area contributed by atoms with Crippen molar-refractivity contribution in [2.45, 2.75) is 51.0 Å². The Kier molecular flexibility index (Phi) is 5.23. The monoisotopic (exact) mass is 446 g/mol. The van der Waals surface area contributed by atoms with Crippen molar-refractivity contribution in [2.24, 2.45) is 5.92 Å². The number of nitrogens with one attached hydrogen (secondary N) is 1. The molecule has 148 valence electrons. The van der Waals surface area contributed by atoms with E-state index >= 15 is 0 Å². The number of carbonyl (C=O) groups excluding carboxylic acids is 2. The van der Waals surface area contributed by atoms with E-state index in [1.807, 2.05) is 24.3 Å². The van der Waals surface area contributed by atoms with Crippen LogP contribution < -0.4 is 10.2 Å². The second-order valence-electron chi connectivity index (χ2n) is 7.63. The molecule has 0 radical (unpaired) electrons. The van der Waals surface area contributed by atoms with Crippen molar-refractivity contribution in [1.29, 1.82) is 0 Å². The summed E-state index contributed by atoms with van der Waals surface area (Å²) in [5.41, 5.74) is 0.195. The Balaban J connectivity index is 1.52. The minimum Gasteiger partial charge on any atom is -0.343 e. The minimum absolute atomic E-state index is 0.0415. The molecule has 8 heteroatoms. The fourth-order valence-electron chi connectivity index (χ4n) is 4.18. The van der Waals surface area contributed by atoms with E-state index in [0.717, 1.165) is 42.3 Å². The van der Waals surface area contributed by atoms with Gasteiger partial charge in [0.25, 0.3) is 0 Å². The Morgan fingerprint density at radius 1 is 1.29 bits per heavy atom. The molecule has 2 heterocycles. The van der Waals surface area contributed by atoms with Gasteiger partial charge in [-0.1, -0.05) is 36.6 Å². The first-order chi connectivity index (χ1) is 13.5. The normalized spacial score (nSPS) is 21.7. The van der Waals surface area contributed by atoms with Crippen LogP contribution in [0.3, 0.4) is 0 Å². The summed E-state index contributed by atoms with van der Waals surface area (Å²) in [6, 6.07) is 7.56. The van der Waals surface area contributed by atoms with Crippen LogP contribution in [0.2, 0.25) is 0 Å². The van der Waals surface area contributed by atoms with Crippen LogP contribution in [0.15, 0.2) is 33.3 Å². The van der Waals surface area contributed by atoms with Crippen molar-refractivity contribution in [3.05, 3.63) is 40.5 Å². The third-order valence-corrected chi connectivity index (χ3v) is 6.33. The molecule has 0 bridgehead atoms. The maximum Gasteiger partial charge on any atom is 0.227 e. The number of halogens is 1. The number of benzene rings is 1. The number of amides is 2. The van der Waals surface area contributed by atoms with Gasteiger partial charge in [-0.15, -0.1) is 0 Å². The predicted molar refractivity (Wildman–Crippen MR) is 107 cm³/mol. The maximum absolute atomic E-state index is 13.1. The van der Waals surface area contributed by atoms with Crippen LogP contribution in [-0.2, 0) is 15.1 Å². The molecule has 1 saturated carbocycles. The molecular formula is C20H23BrN4O3. The van der Waals surface area contributed by atoms with E-state index in [4.69, 9.17) is 4.52 Å². The SMILES string of the molecule is Cc1nc(C2(NC(=O)C3CC(=O)N(c4ccccc4Br)C3)CCCCC2)no1.